The van der Waals surface area contributed by atoms with Crippen molar-refractivity contribution in [2.75, 3.05) is 0 Å². The molecule has 2 atom stereocenters. The highest BCUT2D eigenvalue weighted by Gasteiger charge is 2.36. The highest BCUT2D eigenvalue weighted by atomic mass is 16.1. The number of ketones is 1. The van der Waals surface area contributed by atoms with Crippen molar-refractivity contribution in [3.63, 3.8) is 0 Å². The van der Waals surface area contributed by atoms with Crippen LogP contribution >= 0.6 is 0 Å². The van der Waals surface area contributed by atoms with Gasteiger partial charge in [0, 0.05) is 23.6 Å². The summed E-state index contributed by atoms with van der Waals surface area (Å²) in [7, 11) is 0. The summed E-state index contributed by atoms with van der Waals surface area (Å²) in [6.07, 6.45) is 6.98. The lowest BCUT2D eigenvalue weighted by Crippen LogP contribution is -2.40. The third kappa shape index (κ3) is 1.63. The molecule has 3 aliphatic rings. The van der Waals surface area contributed by atoms with E-state index in [0.29, 0.717) is 17.9 Å². The average molecular weight is 241 g/mol. The van der Waals surface area contributed by atoms with E-state index in [1.807, 2.05) is 6.07 Å². The van der Waals surface area contributed by atoms with Gasteiger partial charge in [0.05, 0.1) is 0 Å². The van der Waals surface area contributed by atoms with E-state index in [0.717, 1.165) is 24.8 Å². The fraction of sp³-hybridized carbons (Fsp3) is 0.562. The second-order valence-electron chi connectivity index (χ2n) is 6.15. The number of fused-ring (bicyclic) bond motifs is 3. The van der Waals surface area contributed by atoms with Gasteiger partial charge in [-0.1, -0.05) is 12.1 Å². The number of hydrogen-bond acceptors (Lipinski definition) is 2. The summed E-state index contributed by atoms with van der Waals surface area (Å²) in [4.78, 5) is 12.6. The van der Waals surface area contributed by atoms with Crippen LogP contribution in [0.15, 0.2) is 18.2 Å². The zero-order valence-electron chi connectivity index (χ0n) is 10.6. The summed E-state index contributed by atoms with van der Waals surface area (Å²) in [5.74, 6) is 0.657. The Bertz CT molecular complexity index is 496. The molecule has 2 nitrogen and oxygen atoms in total. The van der Waals surface area contributed by atoms with Crippen molar-refractivity contribution < 1.29 is 4.79 Å². The summed E-state index contributed by atoms with van der Waals surface area (Å²) in [5, 5.41) is 3.61. The number of rotatable bonds is 2. The minimum Gasteiger partial charge on any atom is -0.311 e. The van der Waals surface area contributed by atoms with Gasteiger partial charge in [-0.15, -0.1) is 0 Å². The normalized spacial score (nSPS) is 32.8. The molecule has 2 fully saturated rings. The van der Waals surface area contributed by atoms with Crippen LogP contribution in [0.5, 0.6) is 0 Å². The predicted octanol–water partition coefficient (Wildman–Crippen LogP) is 2.50. The van der Waals surface area contributed by atoms with Crippen LogP contribution in [0.25, 0.3) is 0 Å². The number of benzene rings is 1. The molecule has 0 radical (unpaired) electrons. The average Bonchev–Trinajstić information content (AvgIpc) is 2.69. The topological polar surface area (TPSA) is 29.1 Å². The molecule has 2 unspecified atom stereocenters. The zero-order chi connectivity index (χ0) is 12.1. The molecule has 1 aromatic rings. The molecule has 2 heteroatoms. The van der Waals surface area contributed by atoms with Gasteiger partial charge in [0.2, 0.25) is 0 Å². The first-order valence-electron chi connectivity index (χ1n) is 7.21. The van der Waals surface area contributed by atoms with E-state index in [-0.39, 0.29) is 5.92 Å². The largest absolute Gasteiger partial charge is 0.311 e. The first kappa shape index (κ1) is 10.7. The summed E-state index contributed by atoms with van der Waals surface area (Å²) >= 11 is 0. The Labute approximate surface area is 108 Å². The van der Waals surface area contributed by atoms with Gasteiger partial charge >= 0.3 is 0 Å². The van der Waals surface area contributed by atoms with Gasteiger partial charge < -0.3 is 5.32 Å². The molecule has 1 N–H and O–H groups in total. The van der Waals surface area contributed by atoms with Gasteiger partial charge in [0.15, 0.2) is 5.78 Å². The van der Waals surface area contributed by atoms with E-state index in [1.165, 1.54) is 30.4 Å². The number of aryl methyl sites for hydroxylation is 2. The van der Waals surface area contributed by atoms with Crippen LogP contribution in [0.4, 0.5) is 0 Å². The first-order valence-corrected chi connectivity index (χ1v) is 7.21. The molecule has 18 heavy (non-hydrogen) atoms. The minimum atomic E-state index is 0.266. The maximum atomic E-state index is 12.6. The Kier molecular flexibility index (Phi) is 2.34. The second kappa shape index (κ2) is 3.92. The highest BCUT2D eigenvalue weighted by molar-refractivity contribution is 5.98. The van der Waals surface area contributed by atoms with Gasteiger partial charge in [-0.05, 0) is 55.7 Å². The SMILES string of the molecule is O=C(c1ccc2c(c1)CC2)C1CC2CCC(C1)N2. The van der Waals surface area contributed by atoms with Crippen molar-refractivity contribution in [2.45, 2.75) is 50.6 Å². The maximum Gasteiger partial charge on any atom is 0.166 e. The Morgan fingerprint density at radius 2 is 1.78 bits per heavy atom. The van der Waals surface area contributed by atoms with Crippen molar-refractivity contribution in [2.24, 2.45) is 5.92 Å². The molecule has 2 saturated heterocycles. The summed E-state index contributed by atoms with van der Waals surface area (Å²) in [6.45, 7) is 0. The van der Waals surface area contributed by atoms with Crippen molar-refractivity contribution in [1.29, 1.82) is 0 Å². The van der Waals surface area contributed by atoms with Crippen molar-refractivity contribution in [3.05, 3.63) is 34.9 Å². The van der Waals surface area contributed by atoms with Crippen LogP contribution < -0.4 is 5.32 Å². The molecular formula is C16H19NO. The number of hydrogen-bond donors (Lipinski definition) is 1. The number of nitrogens with one attached hydrogen (secondary N) is 1. The summed E-state index contributed by atoms with van der Waals surface area (Å²) in [5.41, 5.74) is 3.80. The van der Waals surface area contributed by atoms with Crippen LogP contribution in [-0.4, -0.2) is 17.9 Å². The minimum absolute atomic E-state index is 0.266. The lowest BCUT2D eigenvalue weighted by molar-refractivity contribution is 0.0875. The van der Waals surface area contributed by atoms with Crippen LogP contribution in [0, 0.1) is 5.92 Å². The van der Waals surface area contributed by atoms with Crippen LogP contribution in [0.2, 0.25) is 0 Å². The van der Waals surface area contributed by atoms with Crippen molar-refractivity contribution in [1.82, 2.24) is 5.32 Å². The molecule has 0 aromatic heterocycles. The van der Waals surface area contributed by atoms with Gasteiger partial charge in [0.1, 0.15) is 0 Å². The summed E-state index contributed by atoms with van der Waals surface area (Å²) < 4.78 is 0. The molecule has 0 spiro atoms. The van der Waals surface area contributed by atoms with Gasteiger partial charge in [0.25, 0.3) is 0 Å². The van der Waals surface area contributed by atoms with Gasteiger partial charge in [-0.2, -0.15) is 0 Å². The molecule has 1 aromatic carbocycles. The fourth-order valence-electron chi connectivity index (χ4n) is 3.86. The Morgan fingerprint density at radius 3 is 2.39 bits per heavy atom. The van der Waals surface area contributed by atoms with E-state index < -0.39 is 0 Å². The molecular weight excluding hydrogens is 222 g/mol. The lowest BCUT2D eigenvalue weighted by Gasteiger charge is -2.28. The molecule has 1 aliphatic carbocycles. The molecule has 0 saturated carbocycles. The van der Waals surface area contributed by atoms with Crippen molar-refractivity contribution >= 4 is 5.78 Å². The van der Waals surface area contributed by atoms with E-state index >= 15 is 0 Å². The van der Waals surface area contributed by atoms with Gasteiger partial charge in [-0.25, -0.2) is 0 Å². The van der Waals surface area contributed by atoms with E-state index in [1.54, 1.807) is 0 Å². The number of piperidine rings is 1. The number of carbonyl (C=O) groups is 1. The van der Waals surface area contributed by atoms with Crippen molar-refractivity contribution in [3.8, 4) is 0 Å². The quantitative estimate of drug-likeness (QED) is 0.806. The molecule has 2 aliphatic heterocycles. The second-order valence-corrected chi connectivity index (χ2v) is 6.15. The fourth-order valence-corrected chi connectivity index (χ4v) is 3.86. The third-order valence-corrected chi connectivity index (χ3v) is 5.00. The molecule has 2 bridgehead atoms. The smallest absolute Gasteiger partial charge is 0.166 e. The van der Waals surface area contributed by atoms with Crippen LogP contribution in [0.1, 0.15) is 47.2 Å². The first-order chi connectivity index (χ1) is 8.79. The standard InChI is InChI=1S/C16H19NO/c18-16(12-4-2-10-1-3-11(10)7-12)13-8-14-5-6-15(9-13)17-14/h2,4,7,13-15,17H,1,3,5-6,8-9H2. The van der Waals surface area contributed by atoms with E-state index in [9.17, 15) is 4.79 Å². The Hall–Kier alpha value is -1.15. The monoisotopic (exact) mass is 241 g/mol. The molecule has 2 heterocycles. The zero-order valence-corrected chi connectivity index (χ0v) is 10.6. The third-order valence-electron chi connectivity index (χ3n) is 5.00. The Balaban J connectivity index is 1.57. The van der Waals surface area contributed by atoms with Crippen LogP contribution in [0.3, 0.4) is 0 Å². The molecule has 0 amide bonds. The lowest BCUT2D eigenvalue weighted by atomic mass is 9.82. The predicted molar refractivity (Wildman–Crippen MR) is 70.9 cm³/mol. The highest BCUT2D eigenvalue weighted by Crippen LogP contribution is 2.33. The Morgan fingerprint density at radius 1 is 1.06 bits per heavy atom. The number of Topliss-reactive ketones (excluding diaryl/α,β-unsaturated/α-hetero) is 1. The molecule has 4 rings (SSSR count). The summed E-state index contributed by atoms with van der Waals surface area (Å²) in [6, 6.07) is 7.55. The van der Waals surface area contributed by atoms with E-state index in [2.05, 4.69) is 17.4 Å². The van der Waals surface area contributed by atoms with Crippen LogP contribution in [-0.2, 0) is 12.8 Å². The number of carbonyl (C=O) groups excluding carboxylic acids is 1. The maximum absolute atomic E-state index is 12.6. The van der Waals surface area contributed by atoms with Gasteiger partial charge in [-0.3, -0.25) is 4.79 Å². The molecule has 94 valence electrons. The van der Waals surface area contributed by atoms with E-state index in [4.69, 9.17) is 0 Å².